The molecule has 1 aromatic heterocycles. The Kier molecular flexibility index (Phi) is 3.24. The average Bonchev–Trinajstić information content (AvgIpc) is 2.69. The van der Waals surface area contributed by atoms with Crippen molar-refractivity contribution in [3.63, 3.8) is 0 Å². The number of piperazine rings is 1. The number of sulfonamides is 1. The third kappa shape index (κ3) is 2.22. The Balaban J connectivity index is 2.32. The van der Waals surface area contributed by atoms with Crippen molar-refractivity contribution in [3.05, 3.63) is 12.4 Å². The average molecular weight is 258 g/mol. The number of hydrogen-bond donors (Lipinski definition) is 1. The highest BCUT2D eigenvalue weighted by atomic mass is 32.2. The van der Waals surface area contributed by atoms with E-state index in [-0.39, 0.29) is 17.0 Å². The second-order valence-corrected chi connectivity index (χ2v) is 6.34. The highest BCUT2D eigenvalue weighted by Crippen LogP contribution is 2.20. The number of rotatable bonds is 2. The monoisotopic (exact) mass is 258 g/mol. The normalized spacial score (nSPS) is 27.2. The number of hydrogen-bond acceptors (Lipinski definition) is 4. The Labute approximate surface area is 102 Å². The van der Waals surface area contributed by atoms with E-state index in [1.807, 2.05) is 13.8 Å². The van der Waals surface area contributed by atoms with Gasteiger partial charge in [-0.25, -0.2) is 8.42 Å². The Morgan fingerprint density at radius 1 is 1.47 bits per heavy atom. The summed E-state index contributed by atoms with van der Waals surface area (Å²) < 4.78 is 27.9. The van der Waals surface area contributed by atoms with Gasteiger partial charge in [-0.15, -0.1) is 0 Å². The van der Waals surface area contributed by atoms with Gasteiger partial charge in [-0.1, -0.05) is 0 Å². The standard InChI is InChI=1S/C10H18N4O2S/c1-8-9(2)14(5-4-11-8)17(15,16)10-6-12-13(3)7-10/h6-9,11H,4-5H2,1-3H3. The summed E-state index contributed by atoms with van der Waals surface area (Å²) in [6, 6.07) is 0.115. The fraction of sp³-hybridized carbons (Fsp3) is 0.700. The predicted molar refractivity (Wildman–Crippen MR) is 64.0 cm³/mol. The molecule has 6 nitrogen and oxygen atoms in total. The third-order valence-corrected chi connectivity index (χ3v) is 5.20. The van der Waals surface area contributed by atoms with E-state index in [1.54, 1.807) is 11.4 Å². The maximum Gasteiger partial charge on any atom is 0.246 e. The van der Waals surface area contributed by atoms with Crippen LogP contribution in [0.25, 0.3) is 0 Å². The lowest BCUT2D eigenvalue weighted by molar-refractivity contribution is 0.233. The van der Waals surface area contributed by atoms with Gasteiger partial charge in [-0.2, -0.15) is 9.40 Å². The molecule has 17 heavy (non-hydrogen) atoms. The first-order valence-corrected chi connectivity index (χ1v) is 7.11. The minimum atomic E-state index is -3.41. The van der Waals surface area contributed by atoms with Crippen molar-refractivity contribution >= 4 is 10.0 Å². The van der Waals surface area contributed by atoms with Crippen LogP contribution in [-0.2, 0) is 17.1 Å². The van der Waals surface area contributed by atoms with E-state index in [4.69, 9.17) is 0 Å². The molecule has 96 valence electrons. The SMILES string of the molecule is CC1NCCN(S(=O)(=O)c2cnn(C)c2)C1C. The topological polar surface area (TPSA) is 67.2 Å². The molecule has 2 unspecified atom stereocenters. The van der Waals surface area contributed by atoms with Gasteiger partial charge < -0.3 is 5.32 Å². The Hall–Kier alpha value is -0.920. The molecule has 2 atom stereocenters. The molecule has 0 bridgehead atoms. The van der Waals surface area contributed by atoms with Crippen LogP contribution in [0.3, 0.4) is 0 Å². The van der Waals surface area contributed by atoms with E-state index in [2.05, 4.69) is 10.4 Å². The van der Waals surface area contributed by atoms with Gasteiger partial charge in [0.2, 0.25) is 10.0 Å². The minimum absolute atomic E-state index is 0.0473. The second kappa shape index (κ2) is 4.40. The lowest BCUT2D eigenvalue weighted by Gasteiger charge is -2.37. The first kappa shape index (κ1) is 12.5. The van der Waals surface area contributed by atoms with Crippen LogP contribution >= 0.6 is 0 Å². The molecule has 7 heteroatoms. The van der Waals surface area contributed by atoms with Gasteiger partial charge in [0.15, 0.2) is 0 Å². The molecule has 0 aromatic carbocycles. The van der Waals surface area contributed by atoms with E-state index < -0.39 is 10.0 Å². The van der Waals surface area contributed by atoms with Crippen LogP contribution in [0.1, 0.15) is 13.8 Å². The molecule has 2 heterocycles. The van der Waals surface area contributed by atoms with Crippen LogP contribution in [0.5, 0.6) is 0 Å². The van der Waals surface area contributed by atoms with Crippen LogP contribution in [-0.4, -0.2) is 47.7 Å². The summed E-state index contributed by atoms with van der Waals surface area (Å²) in [6.07, 6.45) is 2.93. The number of aryl methyl sites for hydroxylation is 1. The molecule has 0 spiro atoms. The zero-order valence-corrected chi connectivity index (χ0v) is 11.1. The summed E-state index contributed by atoms with van der Waals surface area (Å²) >= 11 is 0. The van der Waals surface area contributed by atoms with Crippen molar-refractivity contribution in [3.8, 4) is 0 Å². The van der Waals surface area contributed by atoms with Crippen molar-refractivity contribution < 1.29 is 8.42 Å². The van der Waals surface area contributed by atoms with E-state index in [0.717, 1.165) is 0 Å². The van der Waals surface area contributed by atoms with Crippen LogP contribution in [0.15, 0.2) is 17.3 Å². The highest BCUT2D eigenvalue weighted by molar-refractivity contribution is 7.89. The van der Waals surface area contributed by atoms with Gasteiger partial charge in [-0.05, 0) is 13.8 Å². The van der Waals surface area contributed by atoms with Crippen LogP contribution in [0.4, 0.5) is 0 Å². The van der Waals surface area contributed by atoms with Crippen LogP contribution < -0.4 is 5.32 Å². The molecule has 1 N–H and O–H groups in total. The van der Waals surface area contributed by atoms with Crippen molar-refractivity contribution in [2.24, 2.45) is 7.05 Å². The van der Waals surface area contributed by atoms with Gasteiger partial charge in [0.1, 0.15) is 4.90 Å². The Morgan fingerprint density at radius 3 is 2.76 bits per heavy atom. The summed E-state index contributed by atoms with van der Waals surface area (Å²) in [5.74, 6) is 0. The maximum atomic E-state index is 12.4. The van der Waals surface area contributed by atoms with Gasteiger partial charge >= 0.3 is 0 Å². The summed E-state index contributed by atoms with van der Waals surface area (Å²) in [5, 5.41) is 7.18. The van der Waals surface area contributed by atoms with Gasteiger partial charge in [0.25, 0.3) is 0 Å². The first-order valence-electron chi connectivity index (χ1n) is 5.67. The number of nitrogens with zero attached hydrogens (tertiary/aromatic N) is 3. The van der Waals surface area contributed by atoms with E-state index in [1.165, 1.54) is 17.1 Å². The molecule has 0 amide bonds. The largest absolute Gasteiger partial charge is 0.311 e. The molecule has 0 saturated carbocycles. The smallest absolute Gasteiger partial charge is 0.246 e. The molecule has 1 fully saturated rings. The maximum absolute atomic E-state index is 12.4. The molecule has 2 rings (SSSR count). The van der Waals surface area contributed by atoms with Crippen molar-refractivity contribution in [2.45, 2.75) is 30.8 Å². The Morgan fingerprint density at radius 2 is 2.18 bits per heavy atom. The zero-order chi connectivity index (χ0) is 12.6. The molecule has 1 aliphatic rings. The predicted octanol–water partition coefficient (Wildman–Crippen LogP) is -0.209. The molecule has 0 aliphatic carbocycles. The third-order valence-electron chi connectivity index (χ3n) is 3.26. The number of nitrogens with one attached hydrogen (secondary N) is 1. The van der Waals surface area contributed by atoms with Gasteiger partial charge in [0.05, 0.1) is 6.20 Å². The number of aromatic nitrogens is 2. The Bertz CT molecular complexity index is 496. The van der Waals surface area contributed by atoms with E-state index >= 15 is 0 Å². The summed E-state index contributed by atoms with van der Waals surface area (Å²) in [5.41, 5.74) is 0. The fourth-order valence-electron chi connectivity index (χ4n) is 2.03. The van der Waals surface area contributed by atoms with Gasteiger partial charge in [-0.3, -0.25) is 4.68 Å². The van der Waals surface area contributed by atoms with Gasteiger partial charge in [0, 0.05) is 38.4 Å². The molecule has 0 radical (unpaired) electrons. The summed E-state index contributed by atoms with van der Waals surface area (Å²) in [6.45, 7) is 5.11. The molecular formula is C10H18N4O2S. The first-order chi connectivity index (χ1) is 7.93. The highest BCUT2D eigenvalue weighted by Gasteiger charge is 2.34. The molecule has 1 aromatic rings. The van der Waals surface area contributed by atoms with Crippen molar-refractivity contribution in [1.82, 2.24) is 19.4 Å². The molecule has 1 saturated heterocycles. The van der Waals surface area contributed by atoms with E-state index in [0.29, 0.717) is 13.1 Å². The van der Waals surface area contributed by atoms with Crippen molar-refractivity contribution in [2.75, 3.05) is 13.1 Å². The lowest BCUT2D eigenvalue weighted by Crippen LogP contribution is -2.56. The molecule has 1 aliphatic heterocycles. The van der Waals surface area contributed by atoms with E-state index in [9.17, 15) is 8.42 Å². The molecular weight excluding hydrogens is 240 g/mol. The lowest BCUT2D eigenvalue weighted by atomic mass is 10.1. The zero-order valence-electron chi connectivity index (χ0n) is 10.3. The summed E-state index contributed by atoms with van der Waals surface area (Å²) in [7, 11) is -1.70. The second-order valence-electron chi connectivity index (χ2n) is 4.45. The van der Waals surface area contributed by atoms with Crippen molar-refractivity contribution in [1.29, 1.82) is 0 Å². The quantitative estimate of drug-likeness (QED) is 0.797. The minimum Gasteiger partial charge on any atom is -0.311 e. The van der Waals surface area contributed by atoms with Crippen LogP contribution in [0, 0.1) is 0 Å². The fourth-order valence-corrected chi connectivity index (χ4v) is 3.72. The van der Waals surface area contributed by atoms with Crippen LogP contribution in [0.2, 0.25) is 0 Å². The summed E-state index contributed by atoms with van der Waals surface area (Å²) in [4.78, 5) is 0.265.